The Hall–Kier alpha value is -2.60. The van der Waals surface area contributed by atoms with E-state index >= 15 is 0 Å². The predicted octanol–water partition coefficient (Wildman–Crippen LogP) is 8.54. The average molecular weight is 395 g/mol. The summed E-state index contributed by atoms with van der Waals surface area (Å²) in [5.74, 6) is 0.879. The molecule has 2 atom stereocenters. The van der Waals surface area contributed by atoms with E-state index in [0.717, 1.165) is 19.3 Å². The first kappa shape index (κ1) is 20.7. The Morgan fingerprint density at radius 3 is 2.57 bits per heavy atom. The summed E-state index contributed by atoms with van der Waals surface area (Å²) in [5.41, 5.74) is 10.5. The van der Waals surface area contributed by atoms with Crippen molar-refractivity contribution in [3.63, 3.8) is 0 Å². The van der Waals surface area contributed by atoms with Crippen LogP contribution in [0, 0.1) is 11.8 Å². The monoisotopic (exact) mass is 394 g/mol. The second-order valence-electron chi connectivity index (χ2n) is 8.66. The fourth-order valence-corrected chi connectivity index (χ4v) is 5.16. The van der Waals surface area contributed by atoms with Crippen LogP contribution in [0.3, 0.4) is 0 Å². The highest BCUT2D eigenvalue weighted by atomic mass is 14.3. The van der Waals surface area contributed by atoms with Crippen LogP contribution >= 0.6 is 0 Å². The van der Waals surface area contributed by atoms with E-state index in [2.05, 4.69) is 99.7 Å². The summed E-state index contributed by atoms with van der Waals surface area (Å²) < 4.78 is 0. The molecule has 3 aliphatic carbocycles. The minimum absolute atomic E-state index is 0.431. The SMILES string of the molecule is CC=CC1C2=C(C=CC1C(C1=CC=C(c3ccccc3)CC1)=C(C)CC)CCC=C2. The highest BCUT2D eigenvalue weighted by molar-refractivity contribution is 5.70. The van der Waals surface area contributed by atoms with Gasteiger partial charge in [0.2, 0.25) is 0 Å². The van der Waals surface area contributed by atoms with Gasteiger partial charge in [0.1, 0.15) is 0 Å². The lowest BCUT2D eigenvalue weighted by atomic mass is 9.69. The number of benzene rings is 1. The van der Waals surface area contributed by atoms with Crippen LogP contribution < -0.4 is 0 Å². The molecule has 1 aromatic carbocycles. The van der Waals surface area contributed by atoms with Crippen molar-refractivity contribution in [2.75, 3.05) is 0 Å². The lowest BCUT2D eigenvalue weighted by Gasteiger charge is -2.35. The minimum atomic E-state index is 0.431. The van der Waals surface area contributed by atoms with Crippen molar-refractivity contribution in [1.82, 2.24) is 0 Å². The van der Waals surface area contributed by atoms with Gasteiger partial charge in [0, 0.05) is 11.8 Å². The van der Waals surface area contributed by atoms with Crippen LogP contribution in [0.4, 0.5) is 0 Å². The van der Waals surface area contributed by atoms with Gasteiger partial charge in [0.05, 0.1) is 0 Å². The van der Waals surface area contributed by atoms with Crippen LogP contribution in [0.15, 0.2) is 107 Å². The summed E-state index contributed by atoms with van der Waals surface area (Å²) in [6.45, 7) is 6.80. The van der Waals surface area contributed by atoms with Crippen molar-refractivity contribution in [3.8, 4) is 0 Å². The van der Waals surface area contributed by atoms with Gasteiger partial charge in [-0.15, -0.1) is 0 Å². The van der Waals surface area contributed by atoms with Crippen LogP contribution in [0.1, 0.15) is 58.4 Å². The van der Waals surface area contributed by atoms with Gasteiger partial charge in [0.15, 0.2) is 0 Å². The predicted molar refractivity (Wildman–Crippen MR) is 131 cm³/mol. The maximum atomic E-state index is 2.49. The van der Waals surface area contributed by atoms with Crippen LogP contribution in [-0.4, -0.2) is 0 Å². The third-order valence-corrected chi connectivity index (χ3v) is 6.86. The molecule has 154 valence electrons. The van der Waals surface area contributed by atoms with Gasteiger partial charge in [0.25, 0.3) is 0 Å². The summed E-state index contributed by atoms with van der Waals surface area (Å²) in [5, 5.41) is 0. The van der Waals surface area contributed by atoms with Gasteiger partial charge < -0.3 is 0 Å². The van der Waals surface area contributed by atoms with Crippen LogP contribution in [0.2, 0.25) is 0 Å². The lowest BCUT2D eigenvalue weighted by Crippen LogP contribution is -2.22. The average Bonchev–Trinajstić information content (AvgIpc) is 2.81. The number of hydrogen-bond acceptors (Lipinski definition) is 0. The summed E-state index contributed by atoms with van der Waals surface area (Å²) in [7, 11) is 0. The Labute approximate surface area is 182 Å². The molecular formula is C30H34. The largest absolute Gasteiger partial charge is 0.0910 e. The molecule has 0 saturated carbocycles. The molecule has 0 bridgehead atoms. The van der Waals surface area contributed by atoms with E-state index < -0.39 is 0 Å². The molecule has 0 aromatic heterocycles. The topological polar surface area (TPSA) is 0 Å². The zero-order valence-electron chi connectivity index (χ0n) is 18.7. The fraction of sp³-hybridized carbons (Fsp3) is 0.333. The molecule has 0 heteroatoms. The smallest absolute Gasteiger partial charge is 0.0127 e. The van der Waals surface area contributed by atoms with Crippen molar-refractivity contribution in [2.24, 2.45) is 11.8 Å². The molecule has 0 radical (unpaired) electrons. The molecule has 30 heavy (non-hydrogen) atoms. The summed E-state index contributed by atoms with van der Waals surface area (Å²) in [6, 6.07) is 10.8. The second kappa shape index (κ2) is 9.47. The highest BCUT2D eigenvalue weighted by Gasteiger charge is 2.31. The van der Waals surface area contributed by atoms with E-state index in [-0.39, 0.29) is 0 Å². The minimum Gasteiger partial charge on any atom is -0.0910 e. The van der Waals surface area contributed by atoms with Crippen molar-refractivity contribution in [3.05, 3.63) is 112 Å². The van der Waals surface area contributed by atoms with E-state index in [0.29, 0.717) is 11.8 Å². The Morgan fingerprint density at radius 2 is 1.87 bits per heavy atom. The van der Waals surface area contributed by atoms with Crippen molar-refractivity contribution in [1.29, 1.82) is 0 Å². The summed E-state index contributed by atoms with van der Waals surface area (Å²) in [6.07, 6.45) is 24.8. The maximum Gasteiger partial charge on any atom is 0.0127 e. The molecule has 3 aliphatic rings. The van der Waals surface area contributed by atoms with Crippen LogP contribution in [-0.2, 0) is 0 Å². The molecule has 0 fully saturated rings. The van der Waals surface area contributed by atoms with Gasteiger partial charge in [-0.1, -0.05) is 91.4 Å². The Morgan fingerprint density at radius 1 is 1.03 bits per heavy atom. The van der Waals surface area contributed by atoms with Crippen LogP contribution in [0.25, 0.3) is 5.57 Å². The standard InChI is InChI=1S/C30H34/c1-4-11-28-27-15-10-9-14-25(27)20-21-29(28)30(22(3)5-2)26-18-16-24(17-19-26)23-12-7-6-8-13-23/h4,6-8,10-13,15-16,18,20-21,28-29H,5,9,14,17,19H2,1-3H3. The molecule has 4 rings (SSSR count). The normalized spacial score (nSPS) is 24.5. The molecular weight excluding hydrogens is 360 g/mol. The lowest BCUT2D eigenvalue weighted by molar-refractivity contribution is 0.589. The highest BCUT2D eigenvalue weighted by Crippen LogP contribution is 2.44. The van der Waals surface area contributed by atoms with Gasteiger partial charge in [-0.3, -0.25) is 0 Å². The molecule has 2 unspecified atom stereocenters. The maximum absolute atomic E-state index is 2.49. The van der Waals surface area contributed by atoms with Crippen molar-refractivity contribution < 1.29 is 0 Å². The zero-order valence-corrected chi connectivity index (χ0v) is 18.7. The molecule has 0 nitrogen and oxygen atoms in total. The summed E-state index contributed by atoms with van der Waals surface area (Å²) in [4.78, 5) is 0. The number of rotatable bonds is 5. The molecule has 0 amide bonds. The number of hydrogen-bond donors (Lipinski definition) is 0. The Balaban J connectivity index is 1.72. The summed E-state index contributed by atoms with van der Waals surface area (Å²) >= 11 is 0. The third-order valence-electron chi connectivity index (χ3n) is 6.86. The van der Waals surface area contributed by atoms with Gasteiger partial charge in [-0.05, 0) is 79.4 Å². The van der Waals surface area contributed by atoms with E-state index in [1.165, 1.54) is 46.3 Å². The first-order chi connectivity index (χ1) is 14.7. The van der Waals surface area contributed by atoms with E-state index in [1.807, 2.05) is 0 Å². The molecule has 0 heterocycles. The first-order valence-corrected chi connectivity index (χ1v) is 11.6. The van der Waals surface area contributed by atoms with Gasteiger partial charge >= 0.3 is 0 Å². The van der Waals surface area contributed by atoms with Crippen molar-refractivity contribution in [2.45, 2.75) is 52.9 Å². The van der Waals surface area contributed by atoms with E-state index in [9.17, 15) is 0 Å². The van der Waals surface area contributed by atoms with Crippen LogP contribution in [0.5, 0.6) is 0 Å². The first-order valence-electron chi connectivity index (χ1n) is 11.6. The molecule has 1 aromatic rings. The van der Waals surface area contributed by atoms with Gasteiger partial charge in [-0.2, -0.15) is 0 Å². The quantitative estimate of drug-likeness (QED) is 0.439. The molecule has 0 aliphatic heterocycles. The Kier molecular flexibility index (Phi) is 6.53. The number of allylic oxidation sites excluding steroid dienone is 14. The zero-order chi connectivity index (χ0) is 20.9. The third kappa shape index (κ3) is 4.15. The van der Waals surface area contributed by atoms with Gasteiger partial charge in [-0.25, -0.2) is 0 Å². The fourth-order valence-electron chi connectivity index (χ4n) is 5.16. The molecule has 0 spiro atoms. The Bertz CT molecular complexity index is 986. The second-order valence-corrected chi connectivity index (χ2v) is 8.66. The molecule has 0 saturated heterocycles. The van der Waals surface area contributed by atoms with E-state index in [1.54, 1.807) is 5.57 Å². The van der Waals surface area contributed by atoms with Crippen molar-refractivity contribution >= 4 is 5.57 Å². The van der Waals surface area contributed by atoms with E-state index in [4.69, 9.17) is 0 Å². The molecule has 0 N–H and O–H groups in total.